The Morgan fingerprint density at radius 2 is 1.95 bits per heavy atom. The topological polar surface area (TPSA) is 41.6 Å². The number of alkyl halides is 3. The van der Waals surface area contributed by atoms with E-state index < -0.39 is 11.9 Å². The van der Waals surface area contributed by atoms with E-state index in [4.69, 9.17) is 5.26 Å². The third-order valence-corrected chi connectivity index (χ3v) is 2.45. The fourth-order valence-corrected chi connectivity index (χ4v) is 1.62. The molecule has 0 saturated carbocycles. The Morgan fingerprint density at radius 3 is 2.42 bits per heavy atom. The van der Waals surface area contributed by atoms with E-state index in [9.17, 15) is 13.2 Å². The van der Waals surface area contributed by atoms with Gasteiger partial charge in [0, 0.05) is 17.6 Å². The third-order valence-electron chi connectivity index (χ3n) is 1.95. The molecule has 0 aliphatic rings. The van der Waals surface area contributed by atoms with Gasteiger partial charge in [-0.2, -0.15) is 23.5 Å². The van der Waals surface area contributed by atoms with E-state index in [1.54, 1.807) is 30.3 Å². The second-order valence-electron chi connectivity index (χ2n) is 3.35. The van der Waals surface area contributed by atoms with E-state index in [-0.39, 0.29) is 0 Å². The highest BCUT2D eigenvalue weighted by atomic mass is 79.9. The van der Waals surface area contributed by atoms with Gasteiger partial charge >= 0.3 is 6.18 Å². The summed E-state index contributed by atoms with van der Waals surface area (Å²) in [5.41, 5.74) is -0.322. The van der Waals surface area contributed by atoms with Gasteiger partial charge in [-0.3, -0.25) is 0 Å². The number of benzene rings is 1. The standard InChI is InChI=1S/C10H6BrF3N2.C2H3N/c11-7-2-1-3-8(6-7)16-5-4-9(15-16)10(12,13)14;1-2-3/h1-6H;1H3. The number of nitriles is 1. The Balaban J connectivity index is 0.000000550. The van der Waals surface area contributed by atoms with Crippen molar-refractivity contribution >= 4 is 15.9 Å². The van der Waals surface area contributed by atoms with Crippen molar-refractivity contribution < 1.29 is 13.2 Å². The van der Waals surface area contributed by atoms with Crippen molar-refractivity contribution in [2.24, 2.45) is 0 Å². The van der Waals surface area contributed by atoms with Crippen LogP contribution in [0.15, 0.2) is 41.0 Å². The first-order valence-corrected chi connectivity index (χ1v) is 5.87. The second kappa shape index (κ2) is 6.38. The van der Waals surface area contributed by atoms with Crippen molar-refractivity contribution in [2.75, 3.05) is 0 Å². The lowest BCUT2D eigenvalue weighted by molar-refractivity contribution is -0.141. The quantitative estimate of drug-likeness (QED) is 0.786. The van der Waals surface area contributed by atoms with E-state index in [1.165, 1.54) is 17.8 Å². The maximum absolute atomic E-state index is 12.3. The van der Waals surface area contributed by atoms with Gasteiger partial charge in [-0.15, -0.1) is 0 Å². The smallest absolute Gasteiger partial charge is 0.240 e. The summed E-state index contributed by atoms with van der Waals surface area (Å²) in [7, 11) is 0. The van der Waals surface area contributed by atoms with Crippen molar-refractivity contribution in [2.45, 2.75) is 13.1 Å². The summed E-state index contributed by atoms with van der Waals surface area (Å²) >= 11 is 3.24. The minimum Gasteiger partial charge on any atom is -0.240 e. The van der Waals surface area contributed by atoms with Gasteiger partial charge in [0.1, 0.15) is 0 Å². The second-order valence-corrected chi connectivity index (χ2v) is 4.26. The molecule has 0 aliphatic carbocycles. The summed E-state index contributed by atoms with van der Waals surface area (Å²) in [6.07, 6.45) is -3.12. The van der Waals surface area contributed by atoms with Crippen LogP contribution in [-0.4, -0.2) is 9.78 Å². The Kier molecular flexibility index (Phi) is 5.12. The molecule has 0 N–H and O–H groups in total. The first kappa shape index (κ1) is 15.2. The average molecular weight is 332 g/mol. The van der Waals surface area contributed by atoms with Crippen LogP contribution in [0.2, 0.25) is 0 Å². The number of rotatable bonds is 1. The molecule has 0 amide bonds. The summed E-state index contributed by atoms with van der Waals surface area (Å²) in [5, 5.41) is 10.8. The molecule has 0 radical (unpaired) electrons. The molecule has 100 valence electrons. The molecule has 0 fully saturated rings. The lowest BCUT2D eigenvalue weighted by Crippen LogP contribution is -2.07. The molecule has 7 heteroatoms. The van der Waals surface area contributed by atoms with Gasteiger partial charge in [0.05, 0.1) is 11.8 Å². The molecular weight excluding hydrogens is 323 g/mol. The molecule has 0 bridgehead atoms. The molecular formula is C12H9BrF3N3. The van der Waals surface area contributed by atoms with Crippen LogP contribution in [-0.2, 0) is 6.18 Å². The fraction of sp³-hybridized carbons (Fsp3) is 0.167. The Morgan fingerprint density at radius 1 is 1.32 bits per heavy atom. The minimum atomic E-state index is -4.41. The van der Waals surface area contributed by atoms with Crippen LogP contribution in [0.4, 0.5) is 13.2 Å². The van der Waals surface area contributed by atoms with E-state index >= 15 is 0 Å². The van der Waals surface area contributed by atoms with Crippen LogP contribution in [0.25, 0.3) is 5.69 Å². The fourth-order valence-electron chi connectivity index (χ4n) is 1.24. The van der Waals surface area contributed by atoms with E-state index in [1.807, 2.05) is 0 Å². The van der Waals surface area contributed by atoms with Crippen molar-refractivity contribution in [3.05, 3.63) is 46.7 Å². The van der Waals surface area contributed by atoms with Gasteiger partial charge in [0.15, 0.2) is 5.69 Å². The first-order chi connectivity index (χ1) is 8.88. The monoisotopic (exact) mass is 331 g/mol. The molecule has 19 heavy (non-hydrogen) atoms. The average Bonchev–Trinajstić information content (AvgIpc) is 2.78. The normalized spacial score (nSPS) is 10.3. The lowest BCUT2D eigenvalue weighted by Gasteiger charge is -2.03. The van der Waals surface area contributed by atoms with E-state index in [0.717, 1.165) is 10.5 Å². The van der Waals surface area contributed by atoms with Crippen LogP contribution >= 0.6 is 15.9 Å². The molecule has 2 aromatic rings. The summed E-state index contributed by atoms with van der Waals surface area (Å²) in [6.45, 7) is 1.43. The molecule has 0 saturated heterocycles. The van der Waals surface area contributed by atoms with Crippen LogP contribution in [0.5, 0.6) is 0 Å². The van der Waals surface area contributed by atoms with Crippen molar-refractivity contribution in [3.8, 4) is 11.8 Å². The number of hydrogen-bond acceptors (Lipinski definition) is 2. The highest BCUT2D eigenvalue weighted by Crippen LogP contribution is 2.28. The van der Waals surface area contributed by atoms with Crippen LogP contribution < -0.4 is 0 Å². The van der Waals surface area contributed by atoms with Gasteiger partial charge in [-0.05, 0) is 24.3 Å². The van der Waals surface area contributed by atoms with E-state index in [0.29, 0.717) is 5.69 Å². The zero-order valence-corrected chi connectivity index (χ0v) is 11.4. The highest BCUT2D eigenvalue weighted by molar-refractivity contribution is 9.10. The molecule has 0 atom stereocenters. The highest BCUT2D eigenvalue weighted by Gasteiger charge is 2.33. The van der Waals surface area contributed by atoms with Gasteiger partial charge < -0.3 is 0 Å². The van der Waals surface area contributed by atoms with Gasteiger partial charge in [-0.25, -0.2) is 4.68 Å². The zero-order valence-electron chi connectivity index (χ0n) is 9.82. The van der Waals surface area contributed by atoms with Gasteiger partial charge in [0.2, 0.25) is 0 Å². The first-order valence-electron chi connectivity index (χ1n) is 5.08. The predicted octanol–water partition coefficient (Wildman–Crippen LogP) is 4.18. The van der Waals surface area contributed by atoms with Gasteiger partial charge in [-0.1, -0.05) is 22.0 Å². The maximum Gasteiger partial charge on any atom is 0.435 e. The summed E-state index contributed by atoms with van der Waals surface area (Å²) in [6, 6.07) is 9.58. The number of hydrogen-bond donors (Lipinski definition) is 0. The predicted molar refractivity (Wildman–Crippen MR) is 67.6 cm³/mol. The molecule has 0 unspecified atom stereocenters. The molecule has 1 heterocycles. The summed E-state index contributed by atoms with van der Waals surface area (Å²) < 4.78 is 38.9. The van der Waals surface area contributed by atoms with Gasteiger partial charge in [0.25, 0.3) is 0 Å². The number of nitrogens with zero attached hydrogens (tertiary/aromatic N) is 3. The Bertz CT molecular complexity index is 584. The van der Waals surface area contributed by atoms with Crippen LogP contribution in [0, 0.1) is 11.3 Å². The number of aromatic nitrogens is 2. The minimum absolute atomic E-state index is 0.574. The van der Waals surface area contributed by atoms with Crippen molar-refractivity contribution in [1.29, 1.82) is 5.26 Å². The zero-order chi connectivity index (χ0) is 14.5. The lowest BCUT2D eigenvalue weighted by atomic mass is 10.3. The maximum atomic E-state index is 12.3. The third kappa shape index (κ3) is 4.41. The Hall–Kier alpha value is -1.81. The number of halogens is 4. The van der Waals surface area contributed by atoms with Crippen molar-refractivity contribution in [3.63, 3.8) is 0 Å². The van der Waals surface area contributed by atoms with Crippen LogP contribution in [0.1, 0.15) is 12.6 Å². The summed E-state index contributed by atoms with van der Waals surface area (Å²) in [5.74, 6) is 0. The molecule has 2 rings (SSSR count). The SMILES string of the molecule is CC#N.FC(F)(F)c1ccn(-c2cccc(Br)c2)n1. The molecule has 0 aliphatic heterocycles. The molecule has 3 nitrogen and oxygen atoms in total. The van der Waals surface area contributed by atoms with E-state index in [2.05, 4.69) is 21.0 Å². The molecule has 1 aromatic heterocycles. The molecule has 1 aromatic carbocycles. The summed E-state index contributed by atoms with van der Waals surface area (Å²) in [4.78, 5) is 0. The largest absolute Gasteiger partial charge is 0.435 e. The van der Waals surface area contributed by atoms with Crippen molar-refractivity contribution in [1.82, 2.24) is 9.78 Å². The van der Waals surface area contributed by atoms with Crippen LogP contribution in [0.3, 0.4) is 0 Å². The molecule has 0 spiro atoms. The Labute approximate surface area is 116 Å².